The summed E-state index contributed by atoms with van der Waals surface area (Å²) in [6.45, 7) is 4.31. The molecule has 0 aromatic heterocycles. The molecule has 7 heteroatoms. The fourth-order valence-electron chi connectivity index (χ4n) is 2.56. The summed E-state index contributed by atoms with van der Waals surface area (Å²) in [6.07, 6.45) is 1.60. The number of halogens is 2. The molecule has 2 rings (SSSR count). The molecule has 1 aliphatic heterocycles. The number of hydrogen-bond acceptors (Lipinski definition) is 3. The van der Waals surface area contributed by atoms with Crippen molar-refractivity contribution >= 4 is 6.03 Å². The van der Waals surface area contributed by atoms with Crippen molar-refractivity contribution in [3.8, 4) is 0 Å². The second-order valence-corrected chi connectivity index (χ2v) is 5.27. The Morgan fingerprint density at radius 2 is 2.26 bits per heavy atom. The minimum absolute atomic E-state index is 0.158. The molecule has 2 amide bonds. The molecule has 1 aliphatic rings. The number of rotatable bonds is 6. The standard InChI is InChI=1S/C16H20F2N2O3/c1-2-6-20(7-8-21)16(22)19-14-5-9-23-15(14)11-3-4-12(17)13(18)10-11/h2-4,10,14-15,21H,1,5-9H2,(H,19,22). The van der Waals surface area contributed by atoms with E-state index in [0.29, 0.717) is 25.1 Å². The van der Waals surface area contributed by atoms with Crippen molar-refractivity contribution in [2.75, 3.05) is 26.3 Å². The minimum atomic E-state index is -0.948. The number of hydrogen-bond donors (Lipinski definition) is 2. The first kappa shape index (κ1) is 17.4. The van der Waals surface area contributed by atoms with E-state index in [4.69, 9.17) is 9.84 Å². The van der Waals surface area contributed by atoms with Crippen LogP contribution >= 0.6 is 0 Å². The third-order valence-corrected chi connectivity index (χ3v) is 3.68. The van der Waals surface area contributed by atoms with Gasteiger partial charge in [-0.25, -0.2) is 13.6 Å². The molecule has 23 heavy (non-hydrogen) atoms. The number of carbonyl (C=O) groups excluding carboxylic acids is 1. The maximum absolute atomic E-state index is 13.4. The molecular formula is C16H20F2N2O3. The van der Waals surface area contributed by atoms with Crippen molar-refractivity contribution in [2.24, 2.45) is 0 Å². The van der Waals surface area contributed by atoms with Crippen LogP contribution in [-0.2, 0) is 4.74 Å². The fraction of sp³-hybridized carbons (Fsp3) is 0.438. The van der Waals surface area contributed by atoms with Crippen LogP contribution in [0.2, 0.25) is 0 Å². The van der Waals surface area contributed by atoms with Gasteiger partial charge in [0.25, 0.3) is 0 Å². The fourth-order valence-corrected chi connectivity index (χ4v) is 2.56. The summed E-state index contributed by atoms with van der Waals surface area (Å²) >= 11 is 0. The van der Waals surface area contributed by atoms with Crippen molar-refractivity contribution in [2.45, 2.75) is 18.6 Å². The molecule has 0 saturated carbocycles. The zero-order valence-corrected chi connectivity index (χ0v) is 12.7. The van der Waals surface area contributed by atoms with Crippen LogP contribution in [0.1, 0.15) is 18.1 Å². The molecule has 2 unspecified atom stereocenters. The molecule has 2 N–H and O–H groups in total. The summed E-state index contributed by atoms with van der Waals surface area (Å²) in [5.41, 5.74) is 0.476. The Balaban J connectivity index is 2.07. The van der Waals surface area contributed by atoms with Gasteiger partial charge >= 0.3 is 6.03 Å². The monoisotopic (exact) mass is 326 g/mol. The molecule has 1 heterocycles. The molecule has 2 atom stereocenters. The van der Waals surface area contributed by atoms with Gasteiger partial charge in [-0.2, -0.15) is 0 Å². The highest BCUT2D eigenvalue weighted by Gasteiger charge is 2.32. The van der Waals surface area contributed by atoms with E-state index in [1.807, 2.05) is 0 Å². The van der Waals surface area contributed by atoms with Gasteiger partial charge in [0.2, 0.25) is 0 Å². The van der Waals surface area contributed by atoms with Gasteiger partial charge in [-0.05, 0) is 24.1 Å². The van der Waals surface area contributed by atoms with Crippen molar-refractivity contribution < 1.29 is 23.4 Å². The lowest BCUT2D eigenvalue weighted by Gasteiger charge is -2.25. The lowest BCUT2D eigenvalue weighted by Crippen LogP contribution is -2.46. The second-order valence-electron chi connectivity index (χ2n) is 5.27. The predicted molar refractivity (Wildman–Crippen MR) is 80.8 cm³/mol. The number of aliphatic hydroxyl groups is 1. The molecule has 5 nitrogen and oxygen atoms in total. The van der Waals surface area contributed by atoms with E-state index >= 15 is 0 Å². The summed E-state index contributed by atoms with van der Waals surface area (Å²) < 4.78 is 32.0. The van der Waals surface area contributed by atoms with Crippen LogP contribution in [0.25, 0.3) is 0 Å². The molecule has 0 bridgehead atoms. The maximum atomic E-state index is 13.4. The van der Waals surface area contributed by atoms with E-state index < -0.39 is 17.7 Å². The highest BCUT2D eigenvalue weighted by atomic mass is 19.2. The van der Waals surface area contributed by atoms with Gasteiger partial charge < -0.3 is 20.1 Å². The molecule has 1 aromatic rings. The first-order valence-electron chi connectivity index (χ1n) is 7.40. The summed E-state index contributed by atoms with van der Waals surface area (Å²) in [7, 11) is 0. The molecule has 1 aromatic carbocycles. The average molecular weight is 326 g/mol. The summed E-state index contributed by atoms with van der Waals surface area (Å²) in [4.78, 5) is 13.7. The average Bonchev–Trinajstić information content (AvgIpc) is 2.98. The lowest BCUT2D eigenvalue weighted by molar-refractivity contribution is 0.0974. The Labute approximate surface area is 133 Å². The predicted octanol–water partition coefficient (Wildman–Crippen LogP) is 1.98. The van der Waals surface area contributed by atoms with E-state index in [1.54, 1.807) is 6.08 Å². The molecule has 0 aliphatic carbocycles. The Kier molecular flexibility index (Phi) is 6.06. The largest absolute Gasteiger partial charge is 0.395 e. The van der Waals surface area contributed by atoms with E-state index in [-0.39, 0.29) is 25.2 Å². The Bertz CT molecular complexity index is 568. The first-order valence-corrected chi connectivity index (χ1v) is 7.40. The Morgan fingerprint density at radius 3 is 2.91 bits per heavy atom. The van der Waals surface area contributed by atoms with E-state index in [1.165, 1.54) is 11.0 Å². The zero-order chi connectivity index (χ0) is 16.8. The number of nitrogens with one attached hydrogen (secondary N) is 1. The number of ether oxygens (including phenoxy) is 1. The van der Waals surface area contributed by atoms with E-state index in [0.717, 1.165) is 12.1 Å². The van der Waals surface area contributed by atoms with Gasteiger partial charge in [0.15, 0.2) is 11.6 Å². The second kappa shape index (κ2) is 8.03. The number of aliphatic hydroxyl groups excluding tert-OH is 1. The van der Waals surface area contributed by atoms with Gasteiger partial charge in [0.1, 0.15) is 6.10 Å². The van der Waals surface area contributed by atoms with Crippen molar-refractivity contribution in [3.63, 3.8) is 0 Å². The molecule has 0 radical (unpaired) electrons. The molecule has 1 fully saturated rings. The lowest BCUT2D eigenvalue weighted by atomic mass is 10.0. The van der Waals surface area contributed by atoms with Crippen molar-refractivity contribution in [1.82, 2.24) is 10.2 Å². The summed E-state index contributed by atoms with van der Waals surface area (Å²) in [5, 5.41) is 11.8. The topological polar surface area (TPSA) is 61.8 Å². The van der Waals surface area contributed by atoms with Crippen LogP contribution < -0.4 is 5.32 Å². The molecule has 0 spiro atoms. The maximum Gasteiger partial charge on any atom is 0.318 e. The third kappa shape index (κ3) is 4.27. The number of urea groups is 1. The molecular weight excluding hydrogens is 306 g/mol. The van der Waals surface area contributed by atoms with Crippen LogP contribution in [0.3, 0.4) is 0 Å². The smallest absolute Gasteiger partial charge is 0.318 e. The molecule has 1 saturated heterocycles. The SMILES string of the molecule is C=CCN(CCO)C(=O)NC1CCOC1c1ccc(F)c(F)c1. The van der Waals surface area contributed by atoms with Crippen molar-refractivity contribution in [1.29, 1.82) is 0 Å². The zero-order valence-electron chi connectivity index (χ0n) is 12.7. The number of benzene rings is 1. The summed E-state index contributed by atoms with van der Waals surface area (Å²) in [5.74, 6) is -1.87. The van der Waals surface area contributed by atoms with Crippen LogP contribution in [0, 0.1) is 11.6 Å². The van der Waals surface area contributed by atoms with Crippen LogP contribution in [-0.4, -0.2) is 48.4 Å². The first-order chi connectivity index (χ1) is 11.1. The third-order valence-electron chi connectivity index (χ3n) is 3.68. The van der Waals surface area contributed by atoms with Gasteiger partial charge in [-0.3, -0.25) is 0 Å². The van der Waals surface area contributed by atoms with Crippen molar-refractivity contribution in [3.05, 3.63) is 48.1 Å². The number of amides is 2. The van der Waals surface area contributed by atoms with Crippen LogP contribution in [0.4, 0.5) is 13.6 Å². The quantitative estimate of drug-likeness (QED) is 0.786. The highest BCUT2D eigenvalue weighted by molar-refractivity contribution is 5.74. The van der Waals surface area contributed by atoms with Crippen LogP contribution in [0.5, 0.6) is 0 Å². The minimum Gasteiger partial charge on any atom is -0.395 e. The van der Waals surface area contributed by atoms with Crippen LogP contribution in [0.15, 0.2) is 30.9 Å². The highest BCUT2D eigenvalue weighted by Crippen LogP contribution is 2.30. The normalized spacial score (nSPS) is 20.3. The van der Waals surface area contributed by atoms with E-state index in [9.17, 15) is 13.6 Å². The Hall–Kier alpha value is -1.99. The van der Waals surface area contributed by atoms with Gasteiger partial charge in [-0.15, -0.1) is 6.58 Å². The van der Waals surface area contributed by atoms with Gasteiger partial charge in [-0.1, -0.05) is 12.1 Å². The molecule has 126 valence electrons. The number of nitrogens with zero attached hydrogens (tertiary/aromatic N) is 1. The van der Waals surface area contributed by atoms with Gasteiger partial charge in [0, 0.05) is 19.7 Å². The van der Waals surface area contributed by atoms with E-state index in [2.05, 4.69) is 11.9 Å². The summed E-state index contributed by atoms with van der Waals surface area (Å²) in [6, 6.07) is 2.86. The number of carbonyl (C=O) groups is 1. The Morgan fingerprint density at radius 1 is 1.48 bits per heavy atom. The van der Waals surface area contributed by atoms with Gasteiger partial charge in [0.05, 0.1) is 12.6 Å².